The molecule has 4 heteroatoms. The number of pyridine rings is 1. The number of rotatable bonds is 4. The van der Waals surface area contributed by atoms with E-state index in [0.717, 1.165) is 24.2 Å². The maximum atomic E-state index is 5.59. The fourth-order valence-electron chi connectivity index (χ4n) is 1.79. The molecule has 0 radical (unpaired) electrons. The molecular formula is C14H13N3O. The molecule has 0 aliphatic heterocycles. The second kappa shape index (κ2) is 4.87. The highest BCUT2D eigenvalue weighted by atomic mass is 16.3. The van der Waals surface area contributed by atoms with Gasteiger partial charge in [-0.05, 0) is 24.3 Å². The largest absolute Gasteiger partial charge is 0.439 e. The van der Waals surface area contributed by atoms with Crippen molar-refractivity contribution in [2.24, 2.45) is 0 Å². The minimum atomic E-state index is 0.673. The van der Waals surface area contributed by atoms with Gasteiger partial charge in [-0.1, -0.05) is 18.2 Å². The van der Waals surface area contributed by atoms with Crippen molar-refractivity contribution >= 4 is 16.9 Å². The van der Waals surface area contributed by atoms with Crippen LogP contribution < -0.4 is 5.32 Å². The zero-order valence-electron chi connectivity index (χ0n) is 9.84. The first-order valence-electron chi connectivity index (χ1n) is 5.91. The van der Waals surface area contributed by atoms with Crippen LogP contribution in [0.1, 0.15) is 5.89 Å². The molecule has 1 N–H and O–H groups in total. The number of hydrogen-bond acceptors (Lipinski definition) is 4. The average molecular weight is 239 g/mol. The van der Waals surface area contributed by atoms with Gasteiger partial charge in [0.25, 0.3) is 0 Å². The molecule has 0 fully saturated rings. The maximum Gasteiger partial charge on any atom is 0.198 e. The van der Waals surface area contributed by atoms with Crippen molar-refractivity contribution in [1.82, 2.24) is 9.97 Å². The first kappa shape index (κ1) is 10.8. The lowest BCUT2D eigenvalue weighted by Crippen LogP contribution is -2.04. The van der Waals surface area contributed by atoms with Gasteiger partial charge in [0.05, 0.1) is 0 Å². The lowest BCUT2D eigenvalue weighted by atomic mass is 10.3. The van der Waals surface area contributed by atoms with Gasteiger partial charge in [-0.25, -0.2) is 4.98 Å². The van der Waals surface area contributed by atoms with Crippen molar-refractivity contribution in [2.75, 3.05) is 11.9 Å². The Labute approximate surface area is 105 Å². The number of nitrogens with zero attached hydrogens (tertiary/aromatic N) is 2. The quantitative estimate of drug-likeness (QED) is 0.760. The Balaban J connectivity index is 1.63. The Bertz CT molecular complexity index is 601. The van der Waals surface area contributed by atoms with Crippen molar-refractivity contribution in [2.45, 2.75) is 6.42 Å². The van der Waals surface area contributed by atoms with E-state index in [1.165, 1.54) is 0 Å². The standard InChI is InChI=1S/C14H13N3O/c1-2-5-11(6-3-1)15-10-8-13-17-14-12(18-13)7-4-9-16-14/h1-7,9,15H,8,10H2. The van der Waals surface area contributed by atoms with E-state index in [2.05, 4.69) is 15.3 Å². The Hall–Kier alpha value is -2.36. The lowest BCUT2D eigenvalue weighted by molar-refractivity contribution is 0.534. The number of hydrogen-bond donors (Lipinski definition) is 1. The van der Waals surface area contributed by atoms with Crippen molar-refractivity contribution < 1.29 is 4.42 Å². The van der Waals surface area contributed by atoms with Crippen LogP contribution in [0.4, 0.5) is 5.69 Å². The van der Waals surface area contributed by atoms with Gasteiger partial charge in [0.2, 0.25) is 0 Å². The molecule has 0 aliphatic rings. The number of anilines is 1. The van der Waals surface area contributed by atoms with Gasteiger partial charge in [0, 0.05) is 24.8 Å². The molecule has 0 saturated carbocycles. The lowest BCUT2D eigenvalue weighted by Gasteiger charge is -2.03. The van der Waals surface area contributed by atoms with Crippen molar-refractivity contribution in [3.8, 4) is 0 Å². The molecular weight excluding hydrogens is 226 g/mol. The van der Waals surface area contributed by atoms with Crippen LogP contribution in [0.2, 0.25) is 0 Å². The molecule has 0 saturated heterocycles. The smallest absolute Gasteiger partial charge is 0.198 e. The van der Waals surface area contributed by atoms with Crippen molar-refractivity contribution in [3.05, 3.63) is 54.6 Å². The summed E-state index contributed by atoms with van der Waals surface area (Å²) in [5.74, 6) is 0.715. The predicted octanol–water partition coefficient (Wildman–Crippen LogP) is 2.88. The maximum absolute atomic E-state index is 5.59. The van der Waals surface area contributed by atoms with Crippen LogP contribution in [-0.2, 0) is 6.42 Å². The summed E-state index contributed by atoms with van der Waals surface area (Å²) in [7, 11) is 0. The van der Waals surface area contributed by atoms with E-state index in [1.807, 2.05) is 42.5 Å². The van der Waals surface area contributed by atoms with Crippen molar-refractivity contribution in [1.29, 1.82) is 0 Å². The van der Waals surface area contributed by atoms with Crippen LogP contribution >= 0.6 is 0 Å². The van der Waals surface area contributed by atoms with E-state index in [9.17, 15) is 0 Å². The highest BCUT2D eigenvalue weighted by Crippen LogP contribution is 2.13. The van der Waals surface area contributed by atoms with Crippen LogP contribution in [0.3, 0.4) is 0 Å². The summed E-state index contributed by atoms with van der Waals surface area (Å²) in [6.45, 7) is 0.789. The molecule has 90 valence electrons. The number of fused-ring (bicyclic) bond motifs is 1. The van der Waals surface area contributed by atoms with Gasteiger partial charge in [-0.2, -0.15) is 4.98 Å². The number of benzene rings is 1. The third-order valence-electron chi connectivity index (χ3n) is 2.65. The summed E-state index contributed by atoms with van der Waals surface area (Å²) in [6.07, 6.45) is 2.46. The first-order valence-corrected chi connectivity index (χ1v) is 5.91. The molecule has 2 heterocycles. The van der Waals surface area contributed by atoms with Gasteiger partial charge in [0.1, 0.15) is 0 Å². The summed E-state index contributed by atoms with van der Waals surface area (Å²) >= 11 is 0. The Kier molecular flexibility index (Phi) is 2.92. The van der Waals surface area contributed by atoms with Gasteiger partial charge in [-0.3, -0.25) is 0 Å². The molecule has 0 unspecified atom stereocenters. The van der Waals surface area contributed by atoms with E-state index in [4.69, 9.17) is 4.42 Å². The second-order valence-corrected chi connectivity index (χ2v) is 3.98. The minimum Gasteiger partial charge on any atom is -0.439 e. The number of aromatic nitrogens is 2. The second-order valence-electron chi connectivity index (χ2n) is 3.98. The summed E-state index contributed by atoms with van der Waals surface area (Å²) in [5, 5.41) is 3.32. The van der Waals surface area contributed by atoms with Gasteiger partial charge < -0.3 is 9.73 Å². The number of para-hydroxylation sites is 1. The van der Waals surface area contributed by atoms with Crippen LogP contribution in [-0.4, -0.2) is 16.5 Å². The van der Waals surface area contributed by atoms with Gasteiger partial charge in [-0.15, -0.1) is 0 Å². The third kappa shape index (κ3) is 2.32. The molecule has 0 atom stereocenters. The van der Waals surface area contributed by atoms with E-state index in [0.29, 0.717) is 11.5 Å². The zero-order valence-corrected chi connectivity index (χ0v) is 9.84. The SMILES string of the molecule is c1ccc(NCCc2nc3ncccc3o2)cc1. The van der Waals surface area contributed by atoms with Crippen LogP contribution in [0.5, 0.6) is 0 Å². The summed E-state index contributed by atoms with van der Waals surface area (Å²) < 4.78 is 5.59. The van der Waals surface area contributed by atoms with E-state index in [-0.39, 0.29) is 0 Å². The fourth-order valence-corrected chi connectivity index (χ4v) is 1.79. The van der Waals surface area contributed by atoms with E-state index >= 15 is 0 Å². The molecule has 1 aromatic carbocycles. The Morgan fingerprint density at radius 1 is 1.06 bits per heavy atom. The highest BCUT2D eigenvalue weighted by molar-refractivity contribution is 5.66. The average Bonchev–Trinajstić information content (AvgIpc) is 2.82. The molecule has 0 amide bonds. The summed E-state index contributed by atoms with van der Waals surface area (Å²) in [6, 6.07) is 13.8. The van der Waals surface area contributed by atoms with E-state index in [1.54, 1.807) is 6.20 Å². The van der Waals surface area contributed by atoms with Crippen LogP contribution in [0, 0.1) is 0 Å². The first-order chi connectivity index (χ1) is 8.92. The van der Waals surface area contributed by atoms with Gasteiger partial charge in [0.15, 0.2) is 17.1 Å². The number of oxazole rings is 1. The van der Waals surface area contributed by atoms with Crippen molar-refractivity contribution in [3.63, 3.8) is 0 Å². The summed E-state index contributed by atoms with van der Waals surface area (Å²) in [4.78, 5) is 8.47. The third-order valence-corrected chi connectivity index (χ3v) is 2.65. The molecule has 4 nitrogen and oxygen atoms in total. The fraction of sp³-hybridized carbons (Fsp3) is 0.143. The molecule has 3 rings (SSSR count). The van der Waals surface area contributed by atoms with E-state index < -0.39 is 0 Å². The molecule has 0 bridgehead atoms. The normalized spacial score (nSPS) is 10.7. The molecule has 3 aromatic rings. The van der Waals surface area contributed by atoms with Crippen LogP contribution in [0.25, 0.3) is 11.2 Å². The molecule has 2 aromatic heterocycles. The molecule has 0 spiro atoms. The minimum absolute atomic E-state index is 0.673. The van der Waals surface area contributed by atoms with Gasteiger partial charge >= 0.3 is 0 Å². The predicted molar refractivity (Wildman–Crippen MR) is 70.4 cm³/mol. The highest BCUT2D eigenvalue weighted by Gasteiger charge is 2.05. The molecule has 18 heavy (non-hydrogen) atoms. The zero-order chi connectivity index (χ0) is 12.2. The van der Waals surface area contributed by atoms with Crippen LogP contribution in [0.15, 0.2) is 53.1 Å². The number of nitrogens with one attached hydrogen (secondary N) is 1. The Morgan fingerprint density at radius 3 is 2.78 bits per heavy atom. The monoisotopic (exact) mass is 239 g/mol. The summed E-state index contributed by atoms with van der Waals surface area (Å²) in [5.41, 5.74) is 2.52. The Morgan fingerprint density at radius 2 is 1.94 bits per heavy atom. The molecule has 0 aliphatic carbocycles. The topological polar surface area (TPSA) is 51.0 Å².